The molecule has 0 aliphatic carbocycles. The number of hydrogen-bond acceptors (Lipinski definition) is 2. The molecule has 22 heavy (non-hydrogen) atoms. The van der Waals surface area contributed by atoms with Crippen LogP contribution in [0.3, 0.4) is 0 Å². The zero-order valence-corrected chi connectivity index (χ0v) is 12.4. The summed E-state index contributed by atoms with van der Waals surface area (Å²) >= 11 is 0. The van der Waals surface area contributed by atoms with E-state index in [4.69, 9.17) is 4.74 Å². The van der Waals surface area contributed by atoms with Crippen molar-refractivity contribution >= 4 is 0 Å². The van der Waals surface area contributed by atoms with E-state index in [0.717, 1.165) is 11.1 Å². The van der Waals surface area contributed by atoms with Gasteiger partial charge >= 0.3 is 12.3 Å². The Morgan fingerprint density at radius 3 is 2.14 bits per heavy atom. The summed E-state index contributed by atoms with van der Waals surface area (Å²) in [5, 5.41) is 0. The Morgan fingerprint density at radius 2 is 1.68 bits per heavy atom. The predicted molar refractivity (Wildman–Crippen MR) is 69.5 cm³/mol. The molecular weight excluding hydrogens is 307 g/mol. The highest BCUT2D eigenvalue weighted by Gasteiger charge is 2.62. The summed E-state index contributed by atoms with van der Waals surface area (Å²) < 4.78 is 71.9. The number of hydrogen-bond donors (Lipinski definition) is 0. The van der Waals surface area contributed by atoms with Crippen molar-refractivity contribution in [2.75, 3.05) is 6.61 Å². The lowest BCUT2D eigenvalue weighted by Gasteiger charge is -2.52. The number of benzene rings is 1. The minimum atomic E-state index is -5.73. The van der Waals surface area contributed by atoms with Crippen molar-refractivity contribution < 1.29 is 31.4 Å². The first-order chi connectivity index (χ1) is 9.97. The molecular formula is C15H17F5O2. The van der Waals surface area contributed by atoms with E-state index in [1.54, 1.807) is 26.0 Å². The third-order valence-electron chi connectivity index (χ3n) is 4.14. The molecule has 1 heterocycles. The van der Waals surface area contributed by atoms with Crippen molar-refractivity contribution in [1.29, 1.82) is 0 Å². The molecule has 1 fully saturated rings. The van der Waals surface area contributed by atoms with Crippen LogP contribution in [-0.4, -0.2) is 25.0 Å². The molecule has 0 spiro atoms. The first-order valence-electron chi connectivity index (χ1n) is 6.78. The molecule has 0 radical (unpaired) electrons. The molecule has 3 atom stereocenters. The van der Waals surface area contributed by atoms with Crippen LogP contribution in [-0.2, 0) is 9.47 Å². The Morgan fingerprint density at radius 1 is 1.14 bits per heavy atom. The van der Waals surface area contributed by atoms with Crippen molar-refractivity contribution in [2.45, 2.75) is 45.3 Å². The fraction of sp³-hybridized carbons (Fsp3) is 0.600. The van der Waals surface area contributed by atoms with Gasteiger partial charge in [0.05, 0.1) is 18.8 Å². The molecule has 2 unspecified atom stereocenters. The first-order valence-corrected chi connectivity index (χ1v) is 6.78. The maximum Gasteiger partial charge on any atom is 0.482 e. The van der Waals surface area contributed by atoms with Gasteiger partial charge in [0.2, 0.25) is 0 Å². The summed E-state index contributed by atoms with van der Waals surface area (Å²) in [4.78, 5) is 0. The SMILES string of the molecule is Cc1ccc(C2OC(C)[C@]2(C)COC(F)(F)C(F)(F)F)cc1. The summed E-state index contributed by atoms with van der Waals surface area (Å²) in [6.45, 7) is 4.34. The number of halogens is 5. The second-order valence-electron chi connectivity index (χ2n) is 5.88. The maximum atomic E-state index is 12.9. The second-order valence-corrected chi connectivity index (χ2v) is 5.88. The summed E-state index contributed by atoms with van der Waals surface area (Å²) in [6.07, 6.45) is -11.9. The number of aryl methyl sites for hydroxylation is 1. The van der Waals surface area contributed by atoms with Crippen LogP contribution in [0.1, 0.15) is 31.1 Å². The Labute approximate surface area is 125 Å². The molecule has 2 nitrogen and oxygen atoms in total. The van der Waals surface area contributed by atoms with Gasteiger partial charge in [-0.1, -0.05) is 36.8 Å². The molecule has 1 aromatic rings. The van der Waals surface area contributed by atoms with Crippen LogP contribution in [0, 0.1) is 12.3 Å². The van der Waals surface area contributed by atoms with Crippen molar-refractivity contribution in [3.05, 3.63) is 35.4 Å². The second kappa shape index (κ2) is 5.45. The summed E-state index contributed by atoms with van der Waals surface area (Å²) in [5.41, 5.74) is 0.784. The number of alkyl halides is 5. The Balaban J connectivity index is 2.12. The van der Waals surface area contributed by atoms with Gasteiger partial charge in [-0.25, -0.2) is 0 Å². The Bertz CT molecular complexity index is 526. The number of ether oxygens (including phenoxy) is 2. The van der Waals surface area contributed by atoms with E-state index >= 15 is 0 Å². The largest absolute Gasteiger partial charge is 0.482 e. The van der Waals surface area contributed by atoms with E-state index in [0.29, 0.717) is 0 Å². The standard InChI is InChI=1S/C15H17F5O2/c1-9-4-6-11(7-5-9)12-13(3,10(2)22-12)8-21-15(19,20)14(16,17)18/h4-7,10,12H,8H2,1-3H3/t10?,12?,13-/m0/s1. The highest BCUT2D eigenvalue weighted by Crippen LogP contribution is 2.52. The normalized spacial score (nSPS) is 29.3. The van der Waals surface area contributed by atoms with E-state index in [1.165, 1.54) is 0 Å². The topological polar surface area (TPSA) is 18.5 Å². The van der Waals surface area contributed by atoms with Gasteiger partial charge in [-0.15, -0.1) is 0 Å². The van der Waals surface area contributed by atoms with E-state index in [1.807, 2.05) is 19.1 Å². The van der Waals surface area contributed by atoms with Crippen molar-refractivity contribution in [2.24, 2.45) is 5.41 Å². The Kier molecular flexibility index (Phi) is 4.25. The first kappa shape index (κ1) is 17.1. The highest BCUT2D eigenvalue weighted by atomic mass is 19.4. The quantitative estimate of drug-likeness (QED) is 0.752. The van der Waals surface area contributed by atoms with Crippen LogP contribution in [0.5, 0.6) is 0 Å². The molecule has 7 heteroatoms. The molecule has 0 saturated carbocycles. The molecule has 0 aromatic heterocycles. The smallest absolute Gasteiger partial charge is 0.369 e. The fourth-order valence-corrected chi connectivity index (χ4v) is 2.38. The molecule has 1 saturated heterocycles. The molecule has 1 aliphatic heterocycles. The van der Waals surface area contributed by atoms with E-state index in [-0.39, 0.29) is 0 Å². The summed E-state index contributed by atoms with van der Waals surface area (Å²) in [6, 6.07) is 7.19. The zero-order valence-electron chi connectivity index (χ0n) is 12.4. The van der Waals surface area contributed by atoms with Gasteiger partial charge in [-0.2, -0.15) is 22.0 Å². The predicted octanol–water partition coefficient (Wildman–Crippen LogP) is 4.63. The molecule has 0 amide bonds. The lowest BCUT2D eigenvalue weighted by Crippen LogP contribution is -2.55. The maximum absolute atomic E-state index is 12.9. The molecule has 0 N–H and O–H groups in total. The third-order valence-corrected chi connectivity index (χ3v) is 4.14. The minimum absolute atomic E-state index is 0.483. The van der Waals surface area contributed by atoms with Crippen LogP contribution >= 0.6 is 0 Å². The lowest BCUT2D eigenvalue weighted by atomic mass is 9.72. The van der Waals surface area contributed by atoms with E-state index in [2.05, 4.69) is 4.74 Å². The van der Waals surface area contributed by atoms with Gasteiger partial charge in [0.1, 0.15) is 0 Å². The average molecular weight is 324 g/mol. The summed E-state index contributed by atoms with van der Waals surface area (Å²) in [7, 11) is 0. The molecule has 0 bridgehead atoms. The fourth-order valence-electron chi connectivity index (χ4n) is 2.38. The molecule has 124 valence electrons. The zero-order chi connectivity index (χ0) is 16.8. The summed E-state index contributed by atoms with van der Waals surface area (Å²) in [5.74, 6) is 0. The monoisotopic (exact) mass is 324 g/mol. The Hall–Kier alpha value is -1.21. The van der Waals surface area contributed by atoms with E-state index in [9.17, 15) is 22.0 Å². The molecule has 1 aliphatic rings. The minimum Gasteiger partial charge on any atom is -0.369 e. The van der Waals surface area contributed by atoms with Crippen molar-refractivity contribution in [3.8, 4) is 0 Å². The van der Waals surface area contributed by atoms with Gasteiger partial charge in [0, 0.05) is 5.41 Å². The van der Waals surface area contributed by atoms with Crippen LogP contribution in [0.2, 0.25) is 0 Å². The molecule has 2 rings (SSSR count). The highest BCUT2D eigenvalue weighted by molar-refractivity contribution is 5.27. The number of rotatable bonds is 4. The molecule has 1 aromatic carbocycles. The average Bonchev–Trinajstić information content (AvgIpc) is 2.42. The van der Waals surface area contributed by atoms with Crippen molar-refractivity contribution in [3.63, 3.8) is 0 Å². The van der Waals surface area contributed by atoms with Gasteiger partial charge < -0.3 is 9.47 Å². The lowest BCUT2D eigenvalue weighted by molar-refractivity contribution is -0.407. The van der Waals surface area contributed by atoms with Gasteiger partial charge in [-0.3, -0.25) is 0 Å². The van der Waals surface area contributed by atoms with E-state index < -0.39 is 36.5 Å². The van der Waals surface area contributed by atoms with Gasteiger partial charge in [0.15, 0.2) is 0 Å². The third kappa shape index (κ3) is 2.96. The van der Waals surface area contributed by atoms with Gasteiger partial charge in [0.25, 0.3) is 0 Å². The van der Waals surface area contributed by atoms with Crippen LogP contribution in [0.4, 0.5) is 22.0 Å². The van der Waals surface area contributed by atoms with Crippen LogP contribution in [0.15, 0.2) is 24.3 Å². The van der Waals surface area contributed by atoms with Crippen molar-refractivity contribution in [1.82, 2.24) is 0 Å². The van der Waals surface area contributed by atoms with Crippen LogP contribution in [0.25, 0.3) is 0 Å². The van der Waals surface area contributed by atoms with Crippen LogP contribution < -0.4 is 0 Å². The van der Waals surface area contributed by atoms with Gasteiger partial charge in [-0.05, 0) is 19.4 Å².